The number of rotatable bonds is 13. The van der Waals surface area contributed by atoms with Crippen molar-refractivity contribution >= 4 is 11.8 Å². The second-order valence-electron chi connectivity index (χ2n) is 9.24. The quantitative estimate of drug-likeness (QED) is 0.315. The lowest BCUT2D eigenvalue weighted by Gasteiger charge is -2.33. The van der Waals surface area contributed by atoms with Gasteiger partial charge >= 0.3 is 0 Å². The van der Waals surface area contributed by atoms with E-state index in [9.17, 15) is 9.59 Å². The topological polar surface area (TPSA) is 58.6 Å². The van der Waals surface area contributed by atoms with Crippen molar-refractivity contribution in [1.29, 1.82) is 0 Å². The van der Waals surface area contributed by atoms with Gasteiger partial charge in [0.05, 0.1) is 6.61 Å². The minimum absolute atomic E-state index is 0.0328. The van der Waals surface area contributed by atoms with E-state index >= 15 is 0 Å². The molecule has 5 nitrogen and oxygen atoms in total. The summed E-state index contributed by atoms with van der Waals surface area (Å²) in [4.78, 5) is 28.9. The van der Waals surface area contributed by atoms with Gasteiger partial charge in [-0.25, -0.2) is 0 Å². The van der Waals surface area contributed by atoms with E-state index in [-0.39, 0.29) is 17.9 Å². The van der Waals surface area contributed by atoms with Crippen LogP contribution in [0.5, 0.6) is 5.75 Å². The van der Waals surface area contributed by atoms with Crippen LogP contribution in [0.3, 0.4) is 0 Å². The van der Waals surface area contributed by atoms with Crippen LogP contribution in [0.1, 0.15) is 49.8 Å². The molecule has 0 aliphatic rings. The van der Waals surface area contributed by atoms with Crippen molar-refractivity contribution in [3.8, 4) is 5.75 Å². The zero-order valence-electron chi connectivity index (χ0n) is 21.7. The third-order valence-electron chi connectivity index (χ3n) is 6.42. The van der Waals surface area contributed by atoms with Crippen LogP contribution in [-0.2, 0) is 22.6 Å². The van der Waals surface area contributed by atoms with Gasteiger partial charge in [-0.15, -0.1) is 0 Å². The molecule has 3 aromatic carbocycles. The number of aryl methyl sites for hydroxylation is 1. The molecule has 0 unspecified atom stereocenters. The molecule has 3 rings (SSSR count). The van der Waals surface area contributed by atoms with Gasteiger partial charge < -0.3 is 15.0 Å². The predicted molar refractivity (Wildman–Crippen MR) is 145 cm³/mol. The maximum absolute atomic E-state index is 13.7. The molecule has 0 saturated carbocycles. The summed E-state index contributed by atoms with van der Waals surface area (Å²) in [7, 11) is 0. The Labute approximate surface area is 215 Å². The first-order chi connectivity index (χ1) is 17.5. The van der Waals surface area contributed by atoms with Crippen molar-refractivity contribution < 1.29 is 14.3 Å². The van der Waals surface area contributed by atoms with Crippen LogP contribution in [0.2, 0.25) is 0 Å². The van der Waals surface area contributed by atoms with Crippen LogP contribution in [-0.4, -0.2) is 35.4 Å². The summed E-state index contributed by atoms with van der Waals surface area (Å²) < 4.78 is 5.79. The Morgan fingerprint density at radius 2 is 1.56 bits per heavy atom. The summed E-state index contributed by atoms with van der Waals surface area (Å²) in [5, 5.41) is 3.12. The number of hydrogen-bond donors (Lipinski definition) is 1. The molecule has 0 radical (unpaired) electrons. The molecule has 1 N–H and O–H groups in total. The summed E-state index contributed by atoms with van der Waals surface area (Å²) in [6.45, 7) is 6.90. The molecule has 0 spiro atoms. The Morgan fingerprint density at radius 1 is 0.917 bits per heavy atom. The van der Waals surface area contributed by atoms with E-state index in [4.69, 9.17) is 4.74 Å². The van der Waals surface area contributed by atoms with Crippen molar-refractivity contribution in [3.05, 3.63) is 102 Å². The van der Waals surface area contributed by atoms with Gasteiger partial charge in [0.2, 0.25) is 11.8 Å². The second kappa shape index (κ2) is 14.1. The van der Waals surface area contributed by atoms with Gasteiger partial charge in [0.25, 0.3) is 0 Å². The van der Waals surface area contributed by atoms with Crippen molar-refractivity contribution in [2.45, 2.75) is 65.1 Å². The smallest absolute Gasteiger partial charge is 0.243 e. The molecule has 190 valence electrons. The van der Waals surface area contributed by atoms with E-state index in [1.165, 1.54) is 0 Å². The van der Waals surface area contributed by atoms with Gasteiger partial charge in [0.15, 0.2) is 0 Å². The molecular weight excluding hydrogens is 448 g/mol. The minimum Gasteiger partial charge on any atom is -0.494 e. The average Bonchev–Trinajstić information content (AvgIpc) is 2.90. The standard InChI is InChI=1S/C31H38N2O3/c1-4-25(3)32-31(35)29(22-26-15-7-5-8-16-26)33(23-27-17-12-11-14-24(27)2)30(34)20-13-21-36-28-18-9-6-10-19-28/h5-12,14-19,25,29H,4,13,20-23H2,1-3H3,(H,32,35)/t25-,29+/m0/s1. The molecule has 3 aromatic rings. The van der Waals surface area contributed by atoms with E-state index < -0.39 is 6.04 Å². The second-order valence-corrected chi connectivity index (χ2v) is 9.24. The highest BCUT2D eigenvalue weighted by Gasteiger charge is 2.31. The Morgan fingerprint density at radius 3 is 2.22 bits per heavy atom. The summed E-state index contributed by atoms with van der Waals surface area (Å²) in [5.41, 5.74) is 3.17. The normalized spacial score (nSPS) is 12.4. The van der Waals surface area contributed by atoms with Gasteiger partial charge in [-0.3, -0.25) is 9.59 Å². The zero-order chi connectivity index (χ0) is 25.8. The van der Waals surface area contributed by atoms with E-state index in [1.807, 2.05) is 106 Å². The molecular formula is C31H38N2O3. The fraction of sp³-hybridized carbons (Fsp3) is 0.355. The third-order valence-corrected chi connectivity index (χ3v) is 6.42. The molecule has 2 amide bonds. The Hall–Kier alpha value is -3.60. The number of benzene rings is 3. The maximum atomic E-state index is 13.7. The Bertz CT molecular complexity index is 1090. The van der Waals surface area contributed by atoms with E-state index in [0.717, 1.165) is 28.9 Å². The highest BCUT2D eigenvalue weighted by molar-refractivity contribution is 5.88. The molecule has 0 fully saturated rings. The minimum atomic E-state index is -0.608. The van der Waals surface area contributed by atoms with Crippen LogP contribution in [0.25, 0.3) is 0 Å². The number of amides is 2. The van der Waals surface area contributed by atoms with Crippen molar-refractivity contribution in [1.82, 2.24) is 10.2 Å². The number of carbonyl (C=O) groups excluding carboxylic acids is 2. The van der Waals surface area contributed by atoms with Crippen molar-refractivity contribution in [3.63, 3.8) is 0 Å². The number of ether oxygens (including phenoxy) is 1. The van der Waals surface area contributed by atoms with Crippen LogP contribution >= 0.6 is 0 Å². The molecule has 0 bridgehead atoms. The summed E-state index contributed by atoms with van der Waals surface area (Å²) in [5.74, 6) is 0.627. The number of para-hydroxylation sites is 1. The van der Waals surface area contributed by atoms with Gasteiger partial charge in [-0.1, -0.05) is 79.7 Å². The van der Waals surface area contributed by atoms with Crippen molar-refractivity contribution in [2.24, 2.45) is 0 Å². The van der Waals surface area contributed by atoms with Gasteiger partial charge in [-0.05, 0) is 55.5 Å². The molecule has 0 aliphatic carbocycles. The van der Waals surface area contributed by atoms with Crippen LogP contribution in [0.15, 0.2) is 84.9 Å². The lowest BCUT2D eigenvalue weighted by molar-refractivity contribution is -0.141. The summed E-state index contributed by atoms with van der Waals surface area (Å²) >= 11 is 0. The number of nitrogens with zero attached hydrogens (tertiary/aromatic N) is 1. The number of carbonyl (C=O) groups is 2. The molecule has 5 heteroatoms. The van der Waals surface area contributed by atoms with E-state index in [2.05, 4.69) is 5.32 Å². The lowest BCUT2D eigenvalue weighted by Crippen LogP contribution is -2.52. The van der Waals surface area contributed by atoms with E-state index in [0.29, 0.717) is 32.4 Å². The van der Waals surface area contributed by atoms with Gasteiger partial charge in [0, 0.05) is 25.4 Å². The molecule has 36 heavy (non-hydrogen) atoms. The predicted octanol–water partition coefficient (Wildman–Crippen LogP) is 5.71. The Balaban J connectivity index is 1.81. The first kappa shape index (κ1) is 27.0. The van der Waals surface area contributed by atoms with Gasteiger partial charge in [-0.2, -0.15) is 0 Å². The number of hydrogen-bond acceptors (Lipinski definition) is 3. The van der Waals surface area contributed by atoms with Crippen LogP contribution in [0, 0.1) is 6.92 Å². The van der Waals surface area contributed by atoms with Gasteiger partial charge in [0.1, 0.15) is 11.8 Å². The molecule has 0 saturated heterocycles. The number of nitrogens with one attached hydrogen (secondary N) is 1. The highest BCUT2D eigenvalue weighted by atomic mass is 16.5. The molecule has 0 aromatic heterocycles. The summed E-state index contributed by atoms with van der Waals surface area (Å²) in [6, 6.07) is 27.0. The Kier molecular flexibility index (Phi) is 10.6. The first-order valence-electron chi connectivity index (χ1n) is 12.8. The fourth-order valence-corrected chi connectivity index (χ4v) is 4.04. The van der Waals surface area contributed by atoms with Crippen LogP contribution < -0.4 is 10.1 Å². The highest BCUT2D eigenvalue weighted by Crippen LogP contribution is 2.19. The monoisotopic (exact) mass is 486 g/mol. The third kappa shape index (κ3) is 8.26. The van der Waals surface area contributed by atoms with Crippen LogP contribution in [0.4, 0.5) is 0 Å². The fourth-order valence-electron chi connectivity index (χ4n) is 4.04. The van der Waals surface area contributed by atoms with E-state index in [1.54, 1.807) is 4.90 Å². The first-order valence-corrected chi connectivity index (χ1v) is 12.8. The molecule has 2 atom stereocenters. The molecule has 0 heterocycles. The summed E-state index contributed by atoms with van der Waals surface area (Å²) in [6.07, 6.45) is 2.16. The van der Waals surface area contributed by atoms with Crippen molar-refractivity contribution in [2.75, 3.05) is 6.61 Å². The largest absolute Gasteiger partial charge is 0.494 e. The average molecular weight is 487 g/mol. The maximum Gasteiger partial charge on any atom is 0.243 e. The molecule has 0 aliphatic heterocycles. The SMILES string of the molecule is CC[C@H](C)NC(=O)[C@@H](Cc1ccccc1)N(Cc1ccccc1C)C(=O)CCCOc1ccccc1. The zero-order valence-corrected chi connectivity index (χ0v) is 21.7. The lowest BCUT2D eigenvalue weighted by atomic mass is 10.0.